The minimum Gasteiger partial charge on any atom is -0.392 e. The van der Waals surface area contributed by atoms with Crippen LogP contribution in [0.2, 0.25) is 0 Å². The maximum Gasteiger partial charge on any atom is 0.136 e. The fourth-order valence-corrected chi connectivity index (χ4v) is 3.70. The summed E-state index contributed by atoms with van der Waals surface area (Å²) in [7, 11) is 0. The molecule has 0 aliphatic carbocycles. The van der Waals surface area contributed by atoms with Gasteiger partial charge in [-0.15, -0.1) is 0 Å². The fourth-order valence-electron chi connectivity index (χ4n) is 3.70. The lowest BCUT2D eigenvalue weighted by molar-refractivity contribution is 0.122. The predicted molar refractivity (Wildman–Crippen MR) is 106 cm³/mol. The Kier molecular flexibility index (Phi) is 5.89. The average molecular weight is 354 g/mol. The van der Waals surface area contributed by atoms with Crippen molar-refractivity contribution < 1.29 is 5.11 Å². The summed E-state index contributed by atoms with van der Waals surface area (Å²) in [4.78, 5) is 14.1. The van der Waals surface area contributed by atoms with Gasteiger partial charge in [0, 0.05) is 50.4 Å². The zero-order chi connectivity index (χ0) is 18.7. The fraction of sp³-hybridized carbons (Fsp3) is 0.524. The summed E-state index contributed by atoms with van der Waals surface area (Å²) in [6.45, 7) is 12.6. The highest BCUT2D eigenvalue weighted by Gasteiger charge is 2.23. The minimum absolute atomic E-state index is 0.276. The molecule has 1 N–H and O–H groups in total. The highest BCUT2D eigenvalue weighted by Crippen LogP contribution is 2.26. The van der Waals surface area contributed by atoms with Gasteiger partial charge >= 0.3 is 0 Å². The lowest BCUT2D eigenvalue weighted by atomic mass is 9.99. The van der Waals surface area contributed by atoms with E-state index in [2.05, 4.69) is 52.9 Å². The van der Waals surface area contributed by atoms with Crippen LogP contribution in [0.3, 0.4) is 0 Å². The molecule has 0 radical (unpaired) electrons. The molecule has 1 aromatic heterocycles. The molecular weight excluding hydrogens is 324 g/mol. The lowest BCUT2D eigenvalue weighted by Gasteiger charge is -2.37. The van der Waals surface area contributed by atoms with E-state index < -0.39 is 0 Å². The topological polar surface area (TPSA) is 52.5 Å². The molecular formula is C21H30N4O. The molecule has 3 rings (SSSR count). The first-order chi connectivity index (χ1) is 12.4. The summed E-state index contributed by atoms with van der Waals surface area (Å²) in [5.74, 6) is 1.91. The van der Waals surface area contributed by atoms with Crippen LogP contribution in [0.15, 0.2) is 24.3 Å². The SMILES string of the molecule is Cc1nc(C)c(Cc2ccccc2C)c(N2CCN(CC(C)O)CC2)n1. The van der Waals surface area contributed by atoms with Crippen LogP contribution in [-0.4, -0.2) is 58.8 Å². The Morgan fingerprint density at radius 3 is 2.38 bits per heavy atom. The van der Waals surface area contributed by atoms with Gasteiger partial charge in [0.15, 0.2) is 0 Å². The number of rotatable bonds is 5. The molecule has 5 heteroatoms. The Bertz CT molecular complexity index is 752. The third-order valence-corrected chi connectivity index (χ3v) is 5.13. The van der Waals surface area contributed by atoms with E-state index in [1.165, 1.54) is 16.7 Å². The van der Waals surface area contributed by atoms with E-state index in [1.807, 2.05) is 13.8 Å². The second-order valence-electron chi connectivity index (χ2n) is 7.40. The quantitative estimate of drug-likeness (QED) is 0.894. The smallest absolute Gasteiger partial charge is 0.136 e. The molecule has 0 spiro atoms. The van der Waals surface area contributed by atoms with Crippen molar-refractivity contribution in [3.05, 3.63) is 52.5 Å². The van der Waals surface area contributed by atoms with Crippen molar-refractivity contribution in [1.82, 2.24) is 14.9 Å². The monoisotopic (exact) mass is 354 g/mol. The van der Waals surface area contributed by atoms with Gasteiger partial charge in [-0.1, -0.05) is 24.3 Å². The van der Waals surface area contributed by atoms with Gasteiger partial charge in [-0.3, -0.25) is 4.90 Å². The maximum atomic E-state index is 9.62. The molecule has 0 amide bonds. The molecule has 1 aliphatic heterocycles. The zero-order valence-corrected chi connectivity index (χ0v) is 16.4. The van der Waals surface area contributed by atoms with Crippen LogP contribution in [0.1, 0.15) is 35.1 Å². The van der Waals surface area contributed by atoms with E-state index in [0.29, 0.717) is 0 Å². The first-order valence-electron chi connectivity index (χ1n) is 9.48. The molecule has 5 nitrogen and oxygen atoms in total. The third-order valence-electron chi connectivity index (χ3n) is 5.13. The molecule has 1 atom stereocenters. The maximum absolute atomic E-state index is 9.62. The van der Waals surface area contributed by atoms with E-state index in [-0.39, 0.29) is 6.10 Å². The van der Waals surface area contributed by atoms with E-state index in [4.69, 9.17) is 4.98 Å². The number of β-amino-alcohol motifs (C(OH)–C–C–N with tert-alkyl or cyclic N) is 1. The van der Waals surface area contributed by atoms with Gasteiger partial charge in [0.2, 0.25) is 0 Å². The van der Waals surface area contributed by atoms with E-state index >= 15 is 0 Å². The normalized spacial score (nSPS) is 16.7. The molecule has 1 aromatic carbocycles. The second-order valence-corrected chi connectivity index (χ2v) is 7.40. The first-order valence-corrected chi connectivity index (χ1v) is 9.48. The lowest BCUT2D eigenvalue weighted by Crippen LogP contribution is -2.48. The third kappa shape index (κ3) is 4.40. The van der Waals surface area contributed by atoms with Gasteiger partial charge in [-0.05, 0) is 38.8 Å². The predicted octanol–water partition coefficient (Wildman–Crippen LogP) is 2.50. The summed E-state index contributed by atoms with van der Waals surface area (Å²) in [5.41, 5.74) is 4.94. The van der Waals surface area contributed by atoms with Gasteiger partial charge in [0.05, 0.1) is 6.10 Å². The molecule has 1 saturated heterocycles. The number of benzene rings is 1. The molecule has 0 bridgehead atoms. The number of aryl methyl sites for hydroxylation is 3. The van der Waals surface area contributed by atoms with Crippen LogP contribution in [-0.2, 0) is 6.42 Å². The summed E-state index contributed by atoms with van der Waals surface area (Å²) in [6, 6.07) is 8.54. The summed E-state index contributed by atoms with van der Waals surface area (Å²) >= 11 is 0. The molecule has 1 unspecified atom stereocenters. The van der Waals surface area contributed by atoms with Crippen molar-refractivity contribution in [2.75, 3.05) is 37.6 Å². The van der Waals surface area contributed by atoms with E-state index in [0.717, 1.165) is 56.5 Å². The van der Waals surface area contributed by atoms with Crippen LogP contribution >= 0.6 is 0 Å². The van der Waals surface area contributed by atoms with Crippen LogP contribution < -0.4 is 4.90 Å². The van der Waals surface area contributed by atoms with Gasteiger partial charge < -0.3 is 10.0 Å². The summed E-state index contributed by atoms with van der Waals surface area (Å²) < 4.78 is 0. The number of aliphatic hydroxyl groups is 1. The van der Waals surface area contributed by atoms with Crippen molar-refractivity contribution >= 4 is 5.82 Å². The Balaban J connectivity index is 1.84. The Labute approximate surface area is 156 Å². The number of hydrogen-bond donors (Lipinski definition) is 1. The standard InChI is InChI=1S/C21H30N4O/c1-15-7-5-6-8-19(15)13-20-17(3)22-18(4)23-21(20)25-11-9-24(10-12-25)14-16(2)26/h5-8,16,26H,9-14H2,1-4H3. The van der Waals surface area contributed by atoms with E-state index in [1.54, 1.807) is 0 Å². The van der Waals surface area contributed by atoms with Crippen molar-refractivity contribution in [1.29, 1.82) is 0 Å². The van der Waals surface area contributed by atoms with Crippen LogP contribution in [0, 0.1) is 20.8 Å². The number of aromatic nitrogens is 2. The average Bonchev–Trinajstić information content (AvgIpc) is 2.59. The number of piperazine rings is 1. The van der Waals surface area contributed by atoms with Crippen LogP contribution in [0.25, 0.3) is 0 Å². The van der Waals surface area contributed by atoms with Crippen LogP contribution in [0.4, 0.5) is 5.82 Å². The molecule has 1 aliphatic rings. The molecule has 1 fully saturated rings. The Morgan fingerprint density at radius 1 is 1.04 bits per heavy atom. The first kappa shape index (κ1) is 18.8. The van der Waals surface area contributed by atoms with Gasteiger partial charge in [-0.2, -0.15) is 0 Å². The highest BCUT2D eigenvalue weighted by molar-refractivity contribution is 5.52. The minimum atomic E-state index is -0.276. The summed E-state index contributed by atoms with van der Waals surface area (Å²) in [5, 5.41) is 9.62. The second kappa shape index (κ2) is 8.14. The number of hydrogen-bond acceptors (Lipinski definition) is 5. The zero-order valence-electron chi connectivity index (χ0n) is 16.4. The summed E-state index contributed by atoms with van der Waals surface area (Å²) in [6.07, 6.45) is 0.587. The molecule has 140 valence electrons. The Hall–Kier alpha value is -1.98. The van der Waals surface area contributed by atoms with Gasteiger partial charge in [-0.25, -0.2) is 9.97 Å². The number of aliphatic hydroxyl groups excluding tert-OH is 1. The van der Waals surface area contributed by atoms with Gasteiger partial charge in [0.1, 0.15) is 11.6 Å². The van der Waals surface area contributed by atoms with Gasteiger partial charge in [0.25, 0.3) is 0 Å². The van der Waals surface area contributed by atoms with Crippen molar-refractivity contribution in [2.45, 2.75) is 40.2 Å². The molecule has 2 heterocycles. The number of anilines is 1. The van der Waals surface area contributed by atoms with Crippen molar-refractivity contribution in [3.63, 3.8) is 0 Å². The molecule has 2 aromatic rings. The largest absolute Gasteiger partial charge is 0.392 e. The molecule has 26 heavy (non-hydrogen) atoms. The number of nitrogens with zero attached hydrogens (tertiary/aromatic N) is 4. The highest BCUT2D eigenvalue weighted by atomic mass is 16.3. The molecule has 0 saturated carbocycles. The Morgan fingerprint density at radius 2 is 1.73 bits per heavy atom. The van der Waals surface area contributed by atoms with E-state index in [9.17, 15) is 5.11 Å². The van der Waals surface area contributed by atoms with Crippen LogP contribution in [0.5, 0.6) is 0 Å². The van der Waals surface area contributed by atoms with Crippen molar-refractivity contribution in [3.8, 4) is 0 Å². The van der Waals surface area contributed by atoms with Crippen molar-refractivity contribution in [2.24, 2.45) is 0 Å².